The molecule has 2 heterocycles. The lowest BCUT2D eigenvalue weighted by Crippen LogP contribution is -2.53. The summed E-state index contributed by atoms with van der Waals surface area (Å²) in [6, 6.07) is 18.4. The Bertz CT molecular complexity index is 875. The number of likely N-dealkylation sites (tertiary alicyclic amines) is 1. The first-order valence-electron chi connectivity index (χ1n) is 11.0. The molecule has 0 aliphatic carbocycles. The number of rotatable bonds is 4. The maximum absolute atomic E-state index is 13.1. The minimum Gasteiger partial charge on any atom is -0.368 e. The number of carbonyl (C=O) groups is 2. The second-order valence-electron chi connectivity index (χ2n) is 8.49. The predicted octanol–water partition coefficient (Wildman–Crippen LogP) is 3.12. The van der Waals surface area contributed by atoms with E-state index in [1.54, 1.807) is 0 Å². The lowest BCUT2D eigenvalue weighted by molar-refractivity contribution is -0.140. The van der Waals surface area contributed by atoms with Crippen molar-refractivity contribution >= 4 is 17.5 Å². The molecule has 0 bridgehead atoms. The normalized spacial score (nSPS) is 19.6. The van der Waals surface area contributed by atoms with E-state index in [0.717, 1.165) is 51.1 Å². The Morgan fingerprint density at radius 1 is 0.900 bits per heavy atom. The van der Waals surface area contributed by atoms with Crippen LogP contribution in [0.15, 0.2) is 54.6 Å². The van der Waals surface area contributed by atoms with Crippen LogP contribution in [0.1, 0.15) is 24.0 Å². The maximum atomic E-state index is 13.1. The highest BCUT2D eigenvalue weighted by atomic mass is 16.2. The second kappa shape index (κ2) is 9.33. The quantitative estimate of drug-likeness (QED) is 0.785. The molecule has 0 radical (unpaired) electrons. The topological polar surface area (TPSA) is 43.9 Å². The van der Waals surface area contributed by atoms with Crippen molar-refractivity contribution in [2.45, 2.75) is 26.2 Å². The van der Waals surface area contributed by atoms with E-state index in [2.05, 4.69) is 36.1 Å². The van der Waals surface area contributed by atoms with Crippen molar-refractivity contribution in [1.29, 1.82) is 0 Å². The molecule has 0 unspecified atom stereocenters. The van der Waals surface area contributed by atoms with Crippen molar-refractivity contribution in [3.05, 3.63) is 65.7 Å². The molecule has 2 aromatic rings. The fourth-order valence-electron chi connectivity index (χ4n) is 4.56. The van der Waals surface area contributed by atoms with Gasteiger partial charge in [-0.05, 0) is 43.0 Å². The second-order valence-corrected chi connectivity index (χ2v) is 8.49. The molecule has 4 rings (SSSR count). The van der Waals surface area contributed by atoms with Crippen molar-refractivity contribution in [2.75, 3.05) is 44.2 Å². The van der Waals surface area contributed by atoms with Gasteiger partial charge in [-0.25, -0.2) is 0 Å². The minimum absolute atomic E-state index is 0.0657. The van der Waals surface area contributed by atoms with Crippen LogP contribution in [-0.2, 0) is 16.0 Å². The van der Waals surface area contributed by atoms with E-state index < -0.39 is 0 Å². The molecule has 5 nitrogen and oxygen atoms in total. The monoisotopic (exact) mass is 405 g/mol. The van der Waals surface area contributed by atoms with Crippen LogP contribution in [0.4, 0.5) is 5.69 Å². The van der Waals surface area contributed by atoms with E-state index in [4.69, 9.17) is 0 Å². The van der Waals surface area contributed by atoms with Gasteiger partial charge in [0, 0.05) is 45.0 Å². The highest BCUT2D eigenvalue weighted by molar-refractivity contribution is 5.82. The van der Waals surface area contributed by atoms with Crippen molar-refractivity contribution in [3.63, 3.8) is 0 Å². The molecule has 2 aliphatic rings. The first-order chi connectivity index (χ1) is 14.6. The Morgan fingerprint density at radius 3 is 2.40 bits per heavy atom. The minimum atomic E-state index is -0.0657. The van der Waals surface area contributed by atoms with Gasteiger partial charge >= 0.3 is 0 Å². The molecule has 5 heteroatoms. The maximum Gasteiger partial charge on any atom is 0.227 e. The molecule has 30 heavy (non-hydrogen) atoms. The Labute approximate surface area is 179 Å². The molecule has 1 atom stereocenters. The zero-order valence-corrected chi connectivity index (χ0v) is 17.8. The third-order valence-corrected chi connectivity index (χ3v) is 6.28. The SMILES string of the molecule is Cc1cccc(N2CCN(C(=O)[C@H]3CCCN(C(=O)Cc4ccccc4)C3)CC2)c1. The van der Waals surface area contributed by atoms with Gasteiger partial charge in [0.05, 0.1) is 12.3 Å². The molecular formula is C25H31N3O2. The third-order valence-electron chi connectivity index (χ3n) is 6.28. The first kappa shape index (κ1) is 20.5. The lowest BCUT2D eigenvalue weighted by Gasteiger charge is -2.39. The summed E-state index contributed by atoms with van der Waals surface area (Å²) in [7, 11) is 0. The number of aryl methyl sites for hydroxylation is 1. The molecule has 0 N–H and O–H groups in total. The van der Waals surface area contributed by atoms with Crippen LogP contribution >= 0.6 is 0 Å². The number of amides is 2. The molecule has 2 saturated heterocycles. The smallest absolute Gasteiger partial charge is 0.227 e. The number of benzene rings is 2. The average Bonchev–Trinajstić information content (AvgIpc) is 2.79. The van der Waals surface area contributed by atoms with E-state index in [9.17, 15) is 9.59 Å². The standard InChI is InChI=1S/C25H31N3O2/c1-20-7-5-11-23(17-20)26-13-15-27(16-14-26)25(30)22-10-6-12-28(19-22)24(29)18-21-8-3-2-4-9-21/h2-5,7-9,11,17,22H,6,10,12-16,18-19H2,1H3/t22-/m0/s1. The van der Waals surface area contributed by atoms with E-state index >= 15 is 0 Å². The number of piperazine rings is 1. The van der Waals surface area contributed by atoms with Gasteiger partial charge in [0.25, 0.3) is 0 Å². The van der Waals surface area contributed by atoms with Gasteiger partial charge in [0.1, 0.15) is 0 Å². The predicted molar refractivity (Wildman–Crippen MR) is 119 cm³/mol. The van der Waals surface area contributed by atoms with E-state index in [1.165, 1.54) is 11.3 Å². The highest BCUT2D eigenvalue weighted by Crippen LogP contribution is 2.22. The van der Waals surface area contributed by atoms with Gasteiger partial charge in [-0.2, -0.15) is 0 Å². The zero-order chi connectivity index (χ0) is 20.9. The average molecular weight is 406 g/mol. The van der Waals surface area contributed by atoms with Gasteiger partial charge in [0.2, 0.25) is 11.8 Å². The highest BCUT2D eigenvalue weighted by Gasteiger charge is 2.32. The number of hydrogen-bond acceptors (Lipinski definition) is 3. The molecule has 2 fully saturated rings. The van der Waals surface area contributed by atoms with Gasteiger partial charge < -0.3 is 14.7 Å². The fraction of sp³-hybridized carbons (Fsp3) is 0.440. The number of nitrogens with zero attached hydrogens (tertiary/aromatic N) is 3. The summed E-state index contributed by atoms with van der Waals surface area (Å²) < 4.78 is 0. The molecule has 158 valence electrons. The lowest BCUT2D eigenvalue weighted by atomic mass is 9.95. The van der Waals surface area contributed by atoms with Crippen LogP contribution in [0.5, 0.6) is 0 Å². The van der Waals surface area contributed by atoms with E-state index in [-0.39, 0.29) is 17.7 Å². The molecule has 2 amide bonds. The number of carbonyl (C=O) groups excluding carboxylic acids is 2. The number of piperidine rings is 1. The molecule has 2 aliphatic heterocycles. The first-order valence-corrected chi connectivity index (χ1v) is 11.0. The van der Waals surface area contributed by atoms with Gasteiger partial charge in [-0.3, -0.25) is 9.59 Å². The van der Waals surface area contributed by atoms with Gasteiger partial charge in [-0.1, -0.05) is 42.5 Å². The van der Waals surface area contributed by atoms with Crippen LogP contribution in [0.2, 0.25) is 0 Å². The molecule has 0 saturated carbocycles. The molecule has 0 spiro atoms. The molecule has 2 aromatic carbocycles. The van der Waals surface area contributed by atoms with Crippen LogP contribution in [-0.4, -0.2) is 60.9 Å². The third kappa shape index (κ3) is 4.84. The number of hydrogen-bond donors (Lipinski definition) is 0. The molecule has 0 aromatic heterocycles. The van der Waals surface area contributed by atoms with Crippen LogP contribution in [0.3, 0.4) is 0 Å². The fourth-order valence-corrected chi connectivity index (χ4v) is 4.56. The summed E-state index contributed by atoms with van der Waals surface area (Å²) in [5, 5.41) is 0. The summed E-state index contributed by atoms with van der Waals surface area (Å²) >= 11 is 0. The Hall–Kier alpha value is -2.82. The molecular weight excluding hydrogens is 374 g/mol. The van der Waals surface area contributed by atoms with Crippen LogP contribution in [0, 0.1) is 12.8 Å². The zero-order valence-electron chi connectivity index (χ0n) is 17.8. The van der Waals surface area contributed by atoms with Crippen molar-refractivity contribution in [1.82, 2.24) is 9.80 Å². The summed E-state index contributed by atoms with van der Waals surface area (Å²) in [4.78, 5) is 32.1. The van der Waals surface area contributed by atoms with Crippen molar-refractivity contribution in [3.8, 4) is 0 Å². The van der Waals surface area contributed by atoms with Gasteiger partial charge in [0.15, 0.2) is 0 Å². The van der Waals surface area contributed by atoms with E-state index in [1.807, 2.05) is 40.1 Å². The van der Waals surface area contributed by atoms with Crippen molar-refractivity contribution in [2.24, 2.45) is 5.92 Å². The van der Waals surface area contributed by atoms with Crippen molar-refractivity contribution < 1.29 is 9.59 Å². The Balaban J connectivity index is 1.31. The van der Waals surface area contributed by atoms with E-state index in [0.29, 0.717) is 13.0 Å². The van der Waals surface area contributed by atoms with Gasteiger partial charge in [-0.15, -0.1) is 0 Å². The van der Waals surface area contributed by atoms with Crippen LogP contribution < -0.4 is 4.90 Å². The number of anilines is 1. The summed E-state index contributed by atoms with van der Waals surface area (Å²) in [5.74, 6) is 0.281. The Morgan fingerprint density at radius 2 is 1.67 bits per heavy atom. The largest absolute Gasteiger partial charge is 0.368 e. The Kier molecular flexibility index (Phi) is 6.36. The summed E-state index contributed by atoms with van der Waals surface area (Å²) in [6.07, 6.45) is 2.20. The van der Waals surface area contributed by atoms with Crippen LogP contribution in [0.25, 0.3) is 0 Å². The summed E-state index contributed by atoms with van der Waals surface area (Å²) in [5.41, 5.74) is 3.52. The summed E-state index contributed by atoms with van der Waals surface area (Å²) in [6.45, 7) is 6.65.